The van der Waals surface area contributed by atoms with Crippen LogP contribution in [0.2, 0.25) is 0 Å². The highest BCUT2D eigenvalue weighted by Crippen LogP contribution is 2.43. The van der Waals surface area contributed by atoms with E-state index < -0.39 is 0 Å². The molecule has 196 valence electrons. The van der Waals surface area contributed by atoms with Crippen molar-refractivity contribution in [3.05, 3.63) is 56.8 Å². The van der Waals surface area contributed by atoms with E-state index in [2.05, 4.69) is 67.8 Å². The number of hydrogen-bond acceptors (Lipinski definition) is 7. The molecule has 5 atom stereocenters. The number of anilines is 1. The van der Waals surface area contributed by atoms with Crippen LogP contribution in [-0.4, -0.2) is 62.5 Å². The molecular formula is C23H28Br2N10O2. The van der Waals surface area contributed by atoms with E-state index in [-0.39, 0.29) is 41.7 Å². The van der Waals surface area contributed by atoms with E-state index in [1.807, 2.05) is 13.2 Å². The number of hydrogen-bond donors (Lipinski definition) is 7. The van der Waals surface area contributed by atoms with Crippen molar-refractivity contribution < 1.29 is 9.59 Å². The Labute approximate surface area is 229 Å². The van der Waals surface area contributed by atoms with Gasteiger partial charge in [-0.15, -0.1) is 0 Å². The van der Waals surface area contributed by atoms with E-state index in [4.69, 9.17) is 11.5 Å². The highest BCUT2D eigenvalue weighted by molar-refractivity contribution is 9.10. The van der Waals surface area contributed by atoms with Crippen molar-refractivity contribution in [3.8, 4) is 0 Å². The molecule has 0 radical (unpaired) electrons. The summed E-state index contributed by atoms with van der Waals surface area (Å²) in [5.74, 6) is 0.0153. The van der Waals surface area contributed by atoms with E-state index >= 15 is 0 Å². The van der Waals surface area contributed by atoms with E-state index in [0.717, 1.165) is 14.6 Å². The smallest absolute Gasteiger partial charge is 0.267 e. The summed E-state index contributed by atoms with van der Waals surface area (Å²) in [6.07, 6.45) is 5.96. The Morgan fingerprint density at radius 2 is 1.95 bits per heavy atom. The Balaban J connectivity index is 1.41. The number of fused-ring (bicyclic) bond motifs is 1. The molecule has 14 heteroatoms. The number of guanidine groups is 1. The van der Waals surface area contributed by atoms with Gasteiger partial charge in [0.05, 0.1) is 18.3 Å². The van der Waals surface area contributed by atoms with Crippen molar-refractivity contribution in [2.24, 2.45) is 29.6 Å². The van der Waals surface area contributed by atoms with Gasteiger partial charge in [0.2, 0.25) is 0 Å². The predicted octanol–water partition coefficient (Wildman–Crippen LogP) is 1.42. The number of rotatable bonds is 7. The molecule has 37 heavy (non-hydrogen) atoms. The summed E-state index contributed by atoms with van der Waals surface area (Å²) in [6.45, 7) is 0.759. The van der Waals surface area contributed by atoms with E-state index in [9.17, 15) is 9.59 Å². The molecule has 4 heterocycles. The molecule has 3 aromatic rings. The summed E-state index contributed by atoms with van der Waals surface area (Å²) in [5, 5.41) is 9.43. The normalized spacial score (nSPS) is 24.7. The minimum atomic E-state index is -0.222. The van der Waals surface area contributed by atoms with Crippen LogP contribution in [0.25, 0.3) is 0 Å². The van der Waals surface area contributed by atoms with Crippen LogP contribution in [0.5, 0.6) is 0 Å². The van der Waals surface area contributed by atoms with Gasteiger partial charge in [0.1, 0.15) is 11.4 Å². The van der Waals surface area contributed by atoms with Gasteiger partial charge in [-0.05, 0) is 62.2 Å². The standard InChI is InChI=1S/C23H28Br2N10O2/c1-35-9-12(25)4-17(35)21(37)29-5-10-2-14-19(34-23(27)32-14)18(16-8-31-22(26)33-16)13(10)7-30-20(36)15-3-11(24)6-28-15/h3-4,6,8-10,13-14,18-19,28H,2,5,7H2,1H3,(H,29,37)(H,30,36)(H3,26,31,33)(H3,27,32,34)/t10-,13-,14?,18-,19?/m1/s1. The van der Waals surface area contributed by atoms with Crippen molar-refractivity contribution in [3.63, 3.8) is 0 Å². The van der Waals surface area contributed by atoms with Crippen LogP contribution in [0.1, 0.15) is 39.0 Å². The molecule has 2 unspecified atom stereocenters. The van der Waals surface area contributed by atoms with Crippen molar-refractivity contribution >= 4 is 55.6 Å². The second-order valence-electron chi connectivity index (χ2n) is 9.47. The molecule has 2 amide bonds. The number of carbonyl (C=O) groups is 2. The molecule has 0 spiro atoms. The van der Waals surface area contributed by atoms with Gasteiger partial charge in [-0.25, -0.2) is 9.98 Å². The zero-order valence-electron chi connectivity index (χ0n) is 20.0. The lowest BCUT2D eigenvalue weighted by molar-refractivity contribution is 0.0869. The van der Waals surface area contributed by atoms with Crippen molar-refractivity contribution in [1.29, 1.82) is 0 Å². The minimum Gasteiger partial charge on any atom is -0.370 e. The van der Waals surface area contributed by atoms with Gasteiger partial charge in [0, 0.05) is 53.1 Å². The number of aliphatic imine (C=N–C) groups is 1. The zero-order chi connectivity index (χ0) is 26.3. The van der Waals surface area contributed by atoms with E-state index in [1.54, 1.807) is 29.1 Å². The number of H-pyrrole nitrogens is 2. The summed E-state index contributed by atoms with van der Waals surface area (Å²) in [4.78, 5) is 40.9. The molecular weight excluding hydrogens is 608 g/mol. The third-order valence-electron chi connectivity index (χ3n) is 7.12. The Morgan fingerprint density at radius 1 is 1.16 bits per heavy atom. The largest absolute Gasteiger partial charge is 0.370 e. The number of aryl methyl sites for hydroxylation is 1. The van der Waals surface area contributed by atoms with Gasteiger partial charge in [0.15, 0.2) is 11.9 Å². The topological polar surface area (TPSA) is 184 Å². The molecule has 2 aliphatic rings. The minimum absolute atomic E-state index is 0.00675. The number of imidazole rings is 1. The fraction of sp³-hybridized carbons (Fsp3) is 0.391. The van der Waals surface area contributed by atoms with Crippen LogP contribution in [-0.2, 0) is 7.05 Å². The van der Waals surface area contributed by atoms with Gasteiger partial charge in [-0.1, -0.05) is 0 Å². The number of nitrogens with two attached hydrogens (primary N) is 2. The van der Waals surface area contributed by atoms with Gasteiger partial charge in [-0.2, -0.15) is 0 Å². The number of halogens is 2. The SMILES string of the molecule is Cn1cc(Br)cc1C(=O)NC[C@H]1CC2NC(N)=NC2[C@@H](c2cnc(N)[nH]2)[C@@H]1CNC(=O)c1cc(Br)c[nH]1. The maximum Gasteiger partial charge on any atom is 0.267 e. The molecule has 0 bridgehead atoms. The monoisotopic (exact) mass is 634 g/mol. The first-order valence-corrected chi connectivity index (χ1v) is 13.4. The molecule has 3 aromatic heterocycles. The third-order valence-corrected chi connectivity index (χ3v) is 8.01. The van der Waals surface area contributed by atoms with Crippen LogP contribution in [0, 0.1) is 11.8 Å². The average molecular weight is 636 g/mol. The molecule has 1 saturated carbocycles. The first-order valence-electron chi connectivity index (χ1n) is 11.8. The molecule has 5 rings (SSSR count). The van der Waals surface area contributed by atoms with Gasteiger partial charge in [-0.3, -0.25) is 9.59 Å². The summed E-state index contributed by atoms with van der Waals surface area (Å²) in [7, 11) is 1.82. The number of amides is 2. The van der Waals surface area contributed by atoms with E-state index in [1.165, 1.54) is 0 Å². The first-order chi connectivity index (χ1) is 17.7. The first kappa shape index (κ1) is 25.4. The lowest BCUT2D eigenvalue weighted by Crippen LogP contribution is -2.53. The molecule has 0 aromatic carbocycles. The number of aromatic nitrogens is 4. The Kier molecular flexibility index (Phi) is 7.03. The van der Waals surface area contributed by atoms with Crippen molar-refractivity contribution in [2.75, 3.05) is 18.8 Å². The summed E-state index contributed by atoms with van der Waals surface area (Å²) < 4.78 is 3.39. The highest BCUT2D eigenvalue weighted by Gasteiger charge is 2.48. The quantitative estimate of drug-likeness (QED) is 0.206. The number of nitrogen functional groups attached to an aromatic ring is 1. The van der Waals surface area contributed by atoms with Crippen LogP contribution in [0.15, 0.2) is 44.7 Å². The zero-order valence-corrected chi connectivity index (χ0v) is 23.1. The Bertz CT molecular complexity index is 1340. The Hall–Kier alpha value is -3.26. The lowest BCUT2D eigenvalue weighted by atomic mass is 9.66. The summed E-state index contributed by atoms with van der Waals surface area (Å²) in [5.41, 5.74) is 13.8. The molecule has 1 fully saturated rings. The Morgan fingerprint density at radius 3 is 2.59 bits per heavy atom. The fourth-order valence-corrected chi connectivity index (χ4v) is 6.34. The lowest BCUT2D eigenvalue weighted by Gasteiger charge is -2.43. The maximum atomic E-state index is 13.0. The van der Waals surface area contributed by atoms with Crippen LogP contribution in [0.3, 0.4) is 0 Å². The van der Waals surface area contributed by atoms with Crippen LogP contribution < -0.4 is 27.4 Å². The second-order valence-corrected chi connectivity index (χ2v) is 11.3. The molecule has 0 saturated heterocycles. The van der Waals surface area contributed by atoms with Gasteiger partial charge >= 0.3 is 0 Å². The molecule has 1 aliphatic heterocycles. The van der Waals surface area contributed by atoms with Crippen LogP contribution >= 0.6 is 31.9 Å². The highest BCUT2D eigenvalue weighted by atomic mass is 79.9. The van der Waals surface area contributed by atoms with E-state index in [0.29, 0.717) is 42.8 Å². The van der Waals surface area contributed by atoms with Crippen molar-refractivity contribution in [1.82, 2.24) is 35.5 Å². The predicted molar refractivity (Wildman–Crippen MR) is 146 cm³/mol. The number of aromatic amines is 2. The molecule has 12 nitrogen and oxygen atoms in total. The maximum absolute atomic E-state index is 13.0. The van der Waals surface area contributed by atoms with Crippen molar-refractivity contribution in [2.45, 2.75) is 24.4 Å². The summed E-state index contributed by atoms with van der Waals surface area (Å²) in [6, 6.07) is 3.31. The average Bonchev–Trinajstić information content (AvgIpc) is 3.62. The molecule has 1 aliphatic carbocycles. The number of nitrogens with one attached hydrogen (secondary N) is 5. The third kappa shape index (κ3) is 5.25. The van der Waals surface area contributed by atoms with Gasteiger partial charge in [0.25, 0.3) is 11.8 Å². The molecule has 9 N–H and O–H groups in total. The second kappa shape index (κ2) is 10.2. The fourth-order valence-electron chi connectivity index (χ4n) is 5.47. The van der Waals surface area contributed by atoms with Gasteiger partial charge < -0.3 is 42.0 Å². The van der Waals surface area contributed by atoms with Crippen LogP contribution in [0.4, 0.5) is 5.95 Å². The number of nitrogens with zero attached hydrogens (tertiary/aromatic N) is 3. The summed E-state index contributed by atoms with van der Waals surface area (Å²) >= 11 is 6.78. The number of carbonyl (C=O) groups excluding carboxylic acids is 2.